The molecule has 208 valence electrons. The second kappa shape index (κ2) is 9.30. The van der Waals surface area contributed by atoms with Gasteiger partial charge in [0.05, 0.1) is 5.39 Å². The zero-order valence-corrected chi connectivity index (χ0v) is 23.6. The van der Waals surface area contributed by atoms with E-state index in [4.69, 9.17) is 30.5 Å². The first-order chi connectivity index (χ1) is 17.9. The van der Waals surface area contributed by atoms with Crippen molar-refractivity contribution in [2.45, 2.75) is 102 Å². The number of aromatic nitrogens is 3. The van der Waals surface area contributed by atoms with Gasteiger partial charge in [-0.2, -0.15) is 0 Å². The standard InChI is InChI=1S/C27H38ClN5O5/c1-25(2,3)38-24(34)31-13-9-27(10-14-31)8-6-11-32(27)15-18-19-20(37-26(4,5)36-19)23(35-18)33-12-7-17-21(28)29-16-30-22(17)33/h7,12,16,18-20,23H,6,8-11,13-15H2,1-5H3/t18-,19?,20?,23-/m1/s1. The van der Waals surface area contributed by atoms with Gasteiger partial charge in [0.1, 0.15) is 41.0 Å². The average molecular weight is 548 g/mol. The number of carbonyl (C=O) groups excluding carboxylic acids is 1. The molecule has 4 fully saturated rings. The summed E-state index contributed by atoms with van der Waals surface area (Å²) in [4.78, 5) is 25.7. The normalized spacial score (nSPS) is 30.8. The maximum Gasteiger partial charge on any atom is 0.410 e. The highest BCUT2D eigenvalue weighted by Crippen LogP contribution is 2.46. The van der Waals surface area contributed by atoms with Crippen LogP contribution in [0.25, 0.3) is 11.0 Å². The monoisotopic (exact) mass is 547 g/mol. The first-order valence-corrected chi connectivity index (χ1v) is 14.0. The lowest BCUT2D eigenvalue weighted by atomic mass is 9.84. The number of fused-ring (bicyclic) bond motifs is 2. The molecule has 1 spiro atoms. The van der Waals surface area contributed by atoms with Crippen molar-refractivity contribution in [3.8, 4) is 0 Å². The molecule has 6 rings (SSSR count). The Morgan fingerprint density at radius 2 is 1.87 bits per heavy atom. The lowest BCUT2D eigenvalue weighted by Crippen LogP contribution is -2.56. The predicted octanol–water partition coefficient (Wildman–Crippen LogP) is 4.37. The van der Waals surface area contributed by atoms with Crippen molar-refractivity contribution in [2.24, 2.45) is 0 Å². The largest absolute Gasteiger partial charge is 0.444 e. The van der Waals surface area contributed by atoms with Crippen LogP contribution in [0.5, 0.6) is 0 Å². The van der Waals surface area contributed by atoms with E-state index in [9.17, 15) is 4.79 Å². The summed E-state index contributed by atoms with van der Waals surface area (Å²) in [6, 6.07) is 1.91. The Morgan fingerprint density at radius 1 is 1.13 bits per heavy atom. The molecular weight excluding hydrogens is 510 g/mol. The molecule has 4 saturated heterocycles. The quantitative estimate of drug-likeness (QED) is 0.523. The number of hydrogen-bond donors (Lipinski definition) is 0. The molecule has 6 heterocycles. The van der Waals surface area contributed by atoms with Crippen LogP contribution in [0.1, 0.15) is 66.5 Å². The molecule has 0 aliphatic carbocycles. The van der Waals surface area contributed by atoms with Crippen molar-refractivity contribution >= 4 is 28.7 Å². The Hall–Kier alpha value is -1.98. The van der Waals surface area contributed by atoms with E-state index in [0.29, 0.717) is 18.2 Å². The molecule has 4 atom stereocenters. The van der Waals surface area contributed by atoms with Crippen LogP contribution >= 0.6 is 11.6 Å². The van der Waals surface area contributed by atoms with Crippen LogP contribution in [0.2, 0.25) is 5.15 Å². The molecule has 0 aromatic carbocycles. The molecule has 2 aromatic rings. The van der Waals surface area contributed by atoms with Gasteiger partial charge in [-0.1, -0.05) is 11.6 Å². The molecule has 2 unspecified atom stereocenters. The van der Waals surface area contributed by atoms with E-state index >= 15 is 0 Å². The van der Waals surface area contributed by atoms with E-state index in [1.54, 1.807) is 0 Å². The van der Waals surface area contributed by atoms with Gasteiger partial charge in [0, 0.05) is 31.4 Å². The summed E-state index contributed by atoms with van der Waals surface area (Å²) < 4.78 is 27.1. The van der Waals surface area contributed by atoms with E-state index in [2.05, 4.69) is 14.9 Å². The number of halogens is 1. The number of hydrogen-bond acceptors (Lipinski definition) is 8. The van der Waals surface area contributed by atoms with E-state index in [-0.39, 0.29) is 36.2 Å². The van der Waals surface area contributed by atoms with Gasteiger partial charge in [0.2, 0.25) is 0 Å². The van der Waals surface area contributed by atoms with Gasteiger partial charge in [-0.25, -0.2) is 14.8 Å². The van der Waals surface area contributed by atoms with Crippen molar-refractivity contribution in [2.75, 3.05) is 26.2 Å². The lowest BCUT2D eigenvalue weighted by Gasteiger charge is -2.46. The van der Waals surface area contributed by atoms with E-state index < -0.39 is 11.4 Å². The van der Waals surface area contributed by atoms with Crippen molar-refractivity contribution in [3.05, 3.63) is 23.7 Å². The highest BCUT2D eigenvalue weighted by atomic mass is 35.5. The van der Waals surface area contributed by atoms with Crippen molar-refractivity contribution in [1.82, 2.24) is 24.3 Å². The van der Waals surface area contributed by atoms with Crippen LogP contribution < -0.4 is 0 Å². The fourth-order valence-electron chi connectivity index (χ4n) is 6.67. The summed E-state index contributed by atoms with van der Waals surface area (Å²) in [7, 11) is 0. The predicted molar refractivity (Wildman–Crippen MR) is 141 cm³/mol. The summed E-state index contributed by atoms with van der Waals surface area (Å²) in [6.45, 7) is 12.8. The van der Waals surface area contributed by atoms with E-state index in [1.165, 1.54) is 6.33 Å². The smallest absolute Gasteiger partial charge is 0.410 e. The van der Waals surface area contributed by atoms with E-state index in [0.717, 1.165) is 49.8 Å². The molecule has 2 aromatic heterocycles. The average Bonchev–Trinajstić information content (AvgIpc) is 3.57. The first-order valence-electron chi connectivity index (χ1n) is 13.7. The molecule has 0 radical (unpaired) electrons. The van der Waals surface area contributed by atoms with Crippen LogP contribution in [0.3, 0.4) is 0 Å². The molecule has 10 nitrogen and oxygen atoms in total. The second-order valence-electron chi connectivity index (χ2n) is 12.5. The topological polar surface area (TPSA) is 91.2 Å². The number of rotatable bonds is 3. The molecule has 11 heteroatoms. The number of carbonyl (C=O) groups is 1. The maximum atomic E-state index is 12.6. The molecule has 4 aliphatic rings. The molecule has 4 aliphatic heterocycles. The van der Waals surface area contributed by atoms with E-state index in [1.807, 2.05) is 56.3 Å². The van der Waals surface area contributed by atoms with Gasteiger partial charge >= 0.3 is 6.09 Å². The van der Waals surface area contributed by atoms with Crippen LogP contribution in [0.15, 0.2) is 18.6 Å². The third kappa shape index (κ3) is 4.68. The Labute approximate surface area is 228 Å². The Bertz CT molecular complexity index is 1200. The Kier molecular flexibility index (Phi) is 6.42. The summed E-state index contributed by atoms with van der Waals surface area (Å²) in [5.41, 5.74) is 0.290. The summed E-state index contributed by atoms with van der Waals surface area (Å²) >= 11 is 6.32. The van der Waals surface area contributed by atoms with Gasteiger partial charge in [-0.15, -0.1) is 0 Å². The Morgan fingerprint density at radius 3 is 2.61 bits per heavy atom. The second-order valence-corrected chi connectivity index (χ2v) is 12.9. The molecule has 1 amide bonds. The fraction of sp³-hybridized carbons (Fsp3) is 0.741. The van der Waals surface area contributed by atoms with Gasteiger partial charge < -0.3 is 28.4 Å². The number of piperidine rings is 1. The third-order valence-corrected chi connectivity index (χ3v) is 8.65. The summed E-state index contributed by atoms with van der Waals surface area (Å²) in [6.07, 6.45) is 6.28. The SMILES string of the molecule is CC(C)(C)OC(=O)N1CCC2(CCCN2C[C@H]2O[C@@H](n3ccc4c(Cl)ncnc43)C3OC(C)(C)OC32)CC1. The van der Waals surface area contributed by atoms with Gasteiger partial charge in [-0.05, 0) is 72.9 Å². The summed E-state index contributed by atoms with van der Waals surface area (Å²) in [5.74, 6) is -0.702. The number of amides is 1. The maximum absolute atomic E-state index is 12.6. The lowest BCUT2D eigenvalue weighted by molar-refractivity contribution is -0.199. The minimum absolute atomic E-state index is 0.0608. The van der Waals surface area contributed by atoms with Crippen LogP contribution in [-0.2, 0) is 18.9 Å². The zero-order chi connectivity index (χ0) is 26.9. The number of nitrogens with zero attached hydrogens (tertiary/aromatic N) is 5. The number of likely N-dealkylation sites (tertiary alicyclic amines) is 2. The van der Waals surface area contributed by atoms with Crippen molar-refractivity contribution in [1.29, 1.82) is 0 Å². The van der Waals surface area contributed by atoms with Gasteiger partial charge in [0.25, 0.3) is 0 Å². The van der Waals surface area contributed by atoms with Crippen molar-refractivity contribution < 1.29 is 23.7 Å². The molecular formula is C27H38ClN5O5. The van der Waals surface area contributed by atoms with Gasteiger partial charge in [0.15, 0.2) is 12.0 Å². The third-order valence-electron chi connectivity index (χ3n) is 8.35. The van der Waals surface area contributed by atoms with Crippen molar-refractivity contribution in [3.63, 3.8) is 0 Å². The zero-order valence-electron chi connectivity index (χ0n) is 22.9. The fourth-order valence-corrected chi connectivity index (χ4v) is 6.86. The molecule has 0 saturated carbocycles. The minimum atomic E-state index is -0.702. The van der Waals surface area contributed by atoms with Crippen LogP contribution in [0, 0.1) is 0 Å². The number of ether oxygens (including phenoxy) is 4. The van der Waals surface area contributed by atoms with Crippen LogP contribution in [-0.4, -0.2) is 91.8 Å². The molecule has 0 N–H and O–H groups in total. The molecule has 38 heavy (non-hydrogen) atoms. The Balaban J connectivity index is 1.19. The molecule has 0 bridgehead atoms. The minimum Gasteiger partial charge on any atom is -0.444 e. The highest BCUT2D eigenvalue weighted by molar-refractivity contribution is 6.33. The summed E-state index contributed by atoms with van der Waals surface area (Å²) in [5, 5.41) is 1.20. The van der Waals surface area contributed by atoms with Crippen LogP contribution in [0.4, 0.5) is 4.79 Å². The highest BCUT2D eigenvalue weighted by Gasteiger charge is 2.57. The van der Waals surface area contributed by atoms with Gasteiger partial charge in [-0.3, -0.25) is 4.90 Å². The first kappa shape index (κ1) is 26.3.